The van der Waals surface area contributed by atoms with Gasteiger partial charge in [-0.25, -0.2) is 0 Å². The third kappa shape index (κ3) is 3.57. The van der Waals surface area contributed by atoms with Crippen LogP contribution in [0.3, 0.4) is 0 Å². The van der Waals surface area contributed by atoms with E-state index in [4.69, 9.17) is 17.0 Å². The summed E-state index contributed by atoms with van der Waals surface area (Å²) in [4.78, 5) is 29.9. The molecule has 3 N–H and O–H groups in total. The molecule has 1 aromatic carbocycles. The standard InChI is InChI=1S/C17H21N3O3S/c1-23-14-6-4-2-3-5-12(14)18-15(21)10-7-8-11-13(9-10)19-17(24)20-16(11)22/h7-9,12,14H,2-6H2,1H3,(H,18,21)(H2,19,20,22,24)/t12-,14-/m1/s1. The van der Waals surface area contributed by atoms with Gasteiger partial charge in [-0.3, -0.25) is 14.6 Å². The van der Waals surface area contributed by atoms with Crippen molar-refractivity contribution in [3.8, 4) is 0 Å². The number of aromatic nitrogens is 2. The highest BCUT2D eigenvalue weighted by Gasteiger charge is 2.25. The van der Waals surface area contributed by atoms with Crippen LogP contribution in [0.15, 0.2) is 23.0 Å². The lowest BCUT2D eigenvalue weighted by molar-refractivity contribution is 0.0568. The Kier molecular flexibility index (Phi) is 5.11. The number of benzene rings is 1. The van der Waals surface area contributed by atoms with Gasteiger partial charge >= 0.3 is 0 Å². The van der Waals surface area contributed by atoms with Gasteiger partial charge in [0.1, 0.15) is 0 Å². The second-order valence-electron chi connectivity index (χ2n) is 6.16. The van der Waals surface area contributed by atoms with Gasteiger partial charge in [0.05, 0.1) is 23.0 Å². The zero-order valence-electron chi connectivity index (χ0n) is 13.6. The van der Waals surface area contributed by atoms with Crippen LogP contribution in [0.4, 0.5) is 0 Å². The highest BCUT2D eigenvalue weighted by molar-refractivity contribution is 7.71. The smallest absolute Gasteiger partial charge is 0.259 e. The summed E-state index contributed by atoms with van der Waals surface area (Å²) in [7, 11) is 1.69. The fourth-order valence-corrected chi connectivity index (χ4v) is 3.49. The molecule has 0 saturated heterocycles. The van der Waals surface area contributed by atoms with Gasteiger partial charge in [-0.15, -0.1) is 0 Å². The van der Waals surface area contributed by atoms with Crippen molar-refractivity contribution in [3.63, 3.8) is 0 Å². The molecule has 3 rings (SSSR count). The van der Waals surface area contributed by atoms with E-state index >= 15 is 0 Å². The molecule has 2 aromatic rings. The topological polar surface area (TPSA) is 87.0 Å². The first-order valence-electron chi connectivity index (χ1n) is 8.18. The fourth-order valence-electron chi connectivity index (χ4n) is 3.28. The van der Waals surface area contributed by atoms with Gasteiger partial charge < -0.3 is 15.0 Å². The van der Waals surface area contributed by atoms with E-state index in [0.29, 0.717) is 16.5 Å². The first-order chi connectivity index (χ1) is 11.6. The summed E-state index contributed by atoms with van der Waals surface area (Å²) in [6.45, 7) is 0. The van der Waals surface area contributed by atoms with Crippen LogP contribution in [0.5, 0.6) is 0 Å². The Hall–Kier alpha value is -1.99. The van der Waals surface area contributed by atoms with Crippen LogP contribution in [-0.4, -0.2) is 35.1 Å². The Morgan fingerprint density at radius 1 is 1.25 bits per heavy atom. The monoisotopic (exact) mass is 347 g/mol. The van der Waals surface area contributed by atoms with Crippen molar-refractivity contribution in [2.75, 3.05) is 7.11 Å². The van der Waals surface area contributed by atoms with Gasteiger partial charge in [-0.05, 0) is 43.3 Å². The van der Waals surface area contributed by atoms with Crippen molar-refractivity contribution in [3.05, 3.63) is 38.9 Å². The van der Waals surface area contributed by atoms with Crippen LogP contribution in [-0.2, 0) is 4.74 Å². The van der Waals surface area contributed by atoms with E-state index in [0.717, 1.165) is 25.7 Å². The molecule has 0 aliphatic heterocycles. The van der Waals surface area contributed by atoms with E-state index in [1.807, 2.05) is 0 Å². The van der Waals surface area contributed by atoms with E-state index in [1.54, 1.807) is 25.3 Å². The average molecular weight is 347 g/mol. The number of hydrogen-bond acceptors (Lipinski definition) is 4. The first kappa shape index (κ1) is 16.9. The molecule has 1 heterocycles. The number of fused-ring (bicyclic) bond motifs is 1. The highest BCUT2D eigenvalue weighted by atomic mass is 32.1. The van der Waals surface area contributed by atoms with Crippen molar-refractivity contribution in [1.29, 1.82) is 0 Å². The Balaban J connectivity index is 1.85. The maximum Gasteiger partial charge on any atom is 0.259 e. The summed E-state index contributed by atoms with van der Waals surface area (Å²) in [5.74, 6) is -0.162. The molecule has 24 heavy (non-hydrogen) atoms. The molecule has 1 aliphatic rings. The van der Waals surface area contributed by atoms with Crippen LogP contribution in [0.1, 0.15) is 42.5 Å². The molecule has 0 bridgehead atoms. The summed E-state index contributed by atoms with van der Waals surface area (Å²) in [5.41, 5.74) is 0.794. The Morgan fingerprint density at radius 2 is 2.04 bits per heavy atom. The Labute approximate surface area is 144 Å². The SMILES string of the molecule is CO[C@@H]1CCCCC[C@H]1NC(=O)c1ccc2c(=O)[nH]c(=S)[nH]c2c1. The number of carbonyl (C=O) groups is 1. The summed E-state index contributed by atoms with van der Waals surface area (Å²) in [6, 6.07) is 4.96. The van der Waals surface area contributed by atoms with E-state index in [2.05, 4.69) is 15.3 Å². The number of rotatable bonds is 3. The van der Waals surface area contributed by atoms with Gasteiger partial charge in [-0.1, -0.05) is 19.3 Å². The molecule has 1 amide bonds. The number of amides is 1. The van der Waals surface area contributed by atoms with Crippen molar-refractivity contribution >= 4 is 29.0 Å². The molecule has 1 aliphatic carbocycles. The number of aromatic amines is 2. The number of ether oxygens (including phenoxy) is 1. The molecule has 2 atom stereocenters. The highest BCUT2D eigenvalue weighted by Crippen LogP contribution is 2.21. The molecule has 7 heteroatoms. The summed E-state index contributed by atoms with van der Waals surface area (Å²) in [6.07, 6.45) is 5.31. The van der Waals surface area contributed by atoms with Gasteiger partial charge in [0.15, 0.2) is 4.77 Å². The molecule has 6 nitrogen and oxygen atoms in total. The molecule has 128 valence electrons. The molecule has 0 spiro atoms. The van der Waals surface area contributed by atoms with E-state index in [9.17, 15) is 9.59 Å². The number of methoxy groups -OCH3 is 1. The van der Waals surface area contributed by atoms with Gasteiger partial charge in [-0.2, -0.15) is 0 Å². The van der Waals surface area contributed by atoms with Crippen LogP contribution < -0.4 is 10.9 Å². The van der Waals surface area contributed by atoms with Crippen LogP contribution in [0.2, 0.25) is 0 Å². The molecule has 1 aromatic heterocycles. The maximum absolute atomic E-state index is 12.6. The predicted octanol–water partition coefficient (Wildman–Crippen LogP) is 2.66. The minimum absolute atomic E-state index is 0.0124. The third-order valence-corrected chi connectivity index (χ3v) is 4.78. The zero-order valence-corrected chi connectivity index (χ0v) is 14.4. The van der Waals surface area contributed by atoms with Gasteiger partial charge in [0.2, 0.25) is 0 Å². The summed E-state index contributed by atoms with van der Waals surface area (Å²) in [5, 5.41) is 3.56. The first-order valence-corrected chi connectivity index (χ1v) is 8.59. The molecule has 1 fully saturated rings. The quantitative estimate of drug-likeness (QED) is 0.588. The maximum atomic E-state index is 12.6. The van der Waals surface area contributed by atoms with Crippen LogP contribution >= 0.6 is 12.2 Å². The lowest BCUT2D eigenvalue weighted by atomic mass is 10.0. The van der Waals surface area contributed by atoms with Crippen molar-refractivity contribution in [2.45, 2.75) is 44.2 Å². The predicted molar refractivity (Wildman–Crippen MR) is 94.9 cm³/mol. The minimum atomic E-state index is -0.260. The summed E-state index contributed by atoms with van der Waals surface area (Å²) < 4.78 is 5.79. The van der Waals surface area contributed by atoms with Crippen molar-refractivity contribution in [2.24, 2.45) is 0 Å². The van der Waals surface area contributed by atoms with Crippen LogP contribution in [0.25, 0.3) is 10.9 Å². The van der Waals surface area contributed by atoms with E-state index in [-0.39, 0.29) is 28.4 Å². The number of H-pyrrole nitrogens is 2. The largest absolute Gasteiger partial charge is 0.379 e. The molecular weight excluding hydrogens is 326 g/mol. The van der Waals surface area contributed by atoms with Crippen molar-refractivity contribution < 1.29 is 9.53 Å². The Morgan fingerprint density at radius 3 is 2.83 bits per heavy atom. The number of nitrogens with one attached hydrogen (secondary N) is 3. The van der Waals surface area contributed by atoms with E-state index in [1.165, 1.54) is 6.42 Å². The normalized spacial score (nSPS) is 21.4. The molecule has 0 unspecified atom stereocenters. The Bertz CT molecular complexity index is 858. The number of carbonyl (C=O) groups excluding carboxylic acids is 1. The summed E-state index contributed by atoms with van der Waals surface area (Å²) >= 11 is 4.98. The average Bonchev–Trinajstić information content (AvgIpc) is 2.79. The van der Waals surface area contributed by atoms with Crippen molar-refractivity contribution in [1.82, 2.24) is 15.3 Å². The van der Waals surface area contributed by atoms with E-state index < -0.39 is 0 Å². The van der Waals surface area contributed by atoms with Crippen LogP contribution in [0, 0.1) is 4.77 Å². The van der Waals surface area contributed by atoms with Gasteiger partial charge in [0, 0.05) is 12.7 Å². The second kappa shape index (κ2) is 7.27. The minimum Gasteiger partial charge on any atom is -0.379 e. The fraction of sp³-hybridized carbons (Fsp3) is 0.471. The van der Waals surface area contributed by atoms with Gasteiger partial charge in [0.25, 0.3) is 11.5 Å². The number of hydrogen-bond donors (Lipinski definition) is 3. The lowest BCUT2D eigenvalue weighted by Gasteiger charge is -2.25. The third-order valence-electron chi connectivity index (χ3n) is 4.57. The zero-order chi connectivity index (χ0) is 17.1. The molecule has 0 radical (unpaired) electrons. The second-order valence-corrected chi connectivity index (χ2v) is 6.57. The lowest BCUT2D eigenvalue weighted by Crippen LogP contribution is -2.43. The molecular formula is C17H21N3O3S. The molecule has 1 saturated carbocycles.